The smallest absolute Gasteiger partial charge is 0.0538 e. The third kappa shape index (κ3) is 2.80. The number of rotatable bonds is 2. The summed E-state index contributed by atoms with van der Waals surface area (Å²) in [5.74, 6) is 0.384. The van der Waals surface area contributed by atoms with E-state index >= 15 is 0 Å². The zero-order chi connectivity index (χ0) is 13.9. The van der Waals surface area contributed by atoms with Crippen LogP contribution in [0.25, 0.3) is 0 Å². The maximum absolute atomic E-state index is 6.21. The monoisotopic (exact) mass is 304 g/mol. The van der Waals surface area contributed by atoms with E-state index in [2.05, 4.69) is 58.6 Å². The summed E-state index contributed by atoms with van der Waals surface area (Å²) in [4.78, 5) is 0. The van der Waals surface area contributed by atoms with Crippen LogP contribution in [0.3, 0.4) is 0 Å². The topological polar surface area (TPSA) is 15.3 Å². The standard InChI is InChI=1S/C16H17ClN2S/c1-20-19-10-9-14(12-5-3-2-4-6-12)15-11-13(17)7-8-16(15)18-19/h2-8,11,14,18H,9-10H2,1H3. The SMILES string of the molecule is CSN1CCC(c2ccccc2)c2cc(Cl)ccc2N1. The molecule has 0 saturated carbocycles. The molecular weight excluding hydrogens is 288 g/mol. The minimum absolute atomic E-state index is 0.384. The highest BCUT2D eigenvalue weighted by atomic mass is 35.5. The quantitative estimate of drug-likeness (QED) is 0.804. The Morgan fingerprint density at radius 1 is 1.20 bits per heavy atom. The summed E-state index contributed by atoms with van der Waals surface area (Å²) in [5, 5.41) is 0.795. The van der Waals surface area contributed by atoms with Crippen molar-refractivity contribution in [2.45, 2.75) is 12.3 Å². The number of hydrogen-bond donors (Lipinski definition) is 1. The fraction of sp³-hybridized carbons (Fsp3) is 0.250. The normalized spacial score (nSPS) is 19.0. The van der Waals surface area contributed by atoms with E-state index < -0.39 is 0 Å². The van der Waals surface area contributed by atoms with Gasteiger partial charge in [0.2, 0.25) is 0 Å². The predicted molar refractivity (Wildman–Crippen MR) is 88.2 cm³/mol. The fourth-order valence-electron chi connectivity index (χ4n) is 2.68. The van der Waals surface area contributed by atoms with Crippen molar-refractivity contribution in [1.82, 2.24) is 4.41 Å². The summed E-state index contributed by atoms with van der Waals surface area (Å²) in [7, 11) is 0. The number of fused-ring (bicyclic) bond motifs is 1. The van der Waals surface area contributed by atoms with Crippen LogP contribution in [0.5, 0.6) is 0 Å². The molecule has 1 heterocycles. The van der Waals surface area contributed by atoms with E-state index in [0.29, 0.717) is 5.92 Å². The molecule has 0 bridgehead atoms. The molecular formula is C16H17ClN2S. The van der Waals surface area contributed by atoms with E-state index in [1.165, 1.54) is 11.1 Å². The molecule has 0 spiro atoms. The number of anilines is 1. The molecule has 1 atom stereocenters. The van der Waals surface area contributed by atoms with Gasteiger partial charge in [0.1, 0.15) is 0 Å². The summed E-state index contributed by atoms with van der Waals surface area (Å²) in [6.07, 6.45) is 3.16. The molecule has 1 aliphatic rings. The van der Waals surface area contributed by atoms with Gasteiger partial charge in [-0.25, -0.2) is 0 Å². The van der Waals surface area contributed by atoms with Crippen LogP contribution >= 0.6 is 23.5 Å². The van der Waals surface area contributed by atoms with Crippen molar-refractivity contribution in [1.29, 1.82) is 0 Å². The van der Waals surface area contributed by atoms with Crippen LogP contribution < -0.4 is 5.43 Å². The van der Waals surface area contributed by atoms with Crippen molar-refractivity contribution in [2.24, 2.45) is 0 Å². The summed E-state index contributed by atoms with van der Waals surface area (Å²) in [6.45, 7) is 0.993. The molecule has 2 nitrogen and oxygen atoms in total. The first-order valence-electron chi connectivity index (χ1n) is 6.70. The molecule has 0 fully saturated rings. The average Bonchev–Trinajstić information content (AvgIpc) is 2.67. The largest absolute Gasteiger partial charge is 0.309 e. The summed E-state index contributed by atoms with van der Waals surface area (Å²) < 4.78 is 2.18. The lowest BCUT2D eigenvalue weighted by Crippen LogP contribution is -2.22. The zero-order valence-corrected chi connectivity index (χ0v) is 12.9. The Balaban J connectivity index is 2.06. The highest BCUT2D eigenvalue weighted by Crippen LogP contribution is 2.38. The molecule has 20 heavy (non-hydrogen) atoms. The summed E-state index contributed by atoms with van der Waals surface area (Å²) in [5.41, 5.74) is 7.25. The highest BCUT2D eigenvalue weighted by molar-refractivity contribution is 7.96. The first kappa shape index (κ1) is 13.8. The molecule has 0 amide bonds. The Morgan fingerprint density at radius 2 is 2.00 bits per heavy atom. The van der Waals surface area contributed by atoms with E-state index in [1.54, 1.807) is 11.9 Å². The second kappa shape index (κ2) is 6.08. The third-order valence-corrected chi connectivity index (χ3v) is 4.63. The third-order valence-electron chi connectivity index (χ3n) is 3.68. The van der Waals surface area contributed by atoms with Crippen molar-refractivity contribution in [2.75, 3.05) is 18.2 Å². The molecule has 4 heteroatoms. The van der Waals surface area contributed by atoms with Crippen molar-refractivity contribution in [3.8, 4) is 0 Å². The zero-order valence-electron chi connectivity index (χ0n) is 11.3. The van der Waals surface area contributed by atoms with Gasteiger partial charge in [0.05, 0.1) is 5.69 Å². The van der Waals surface area contributed by atoms with Crippen molar-refractivity contribution >= 4 is 29.2 Å². The minimum Gasteiger partial charge on any atom is -0.309 e. The van der Waals surface area contributed by atoms with Gasteiger partial charge in [-0.3, -0.25) is 0 Å². The number of hydrogen-bond acceptors (Lipinski definition) is 3. The van der Waals surface area contributed by atoms with Crippen LogP contribution in [0.2, 0.25) is 5.02 Å². The Bertz CT molecular complexity index is 588. The molecule has 104 valence electrons. The van der Waals surface area contributed by atoms with Gasteiger partial charge in [-0.15, -0.1) is 0 Å². The van der Waals surface area contributed by atoms with E-state index in [9.17, 15) is 0 Å². The molecule has 3 rings (SSSR count). The van der Waals surface area contributed by atoms with E-state index in [1.807, 2.05) is 6.07 Å². The van der Waals surface area contributed by atoms with E-state index in [-0.39, 0.29) is 0 Å². The summed E-state index contributed by atoms with van der Waals surface area (Å²) >= 11 is 7.92. The van der Waals surface area contributed by atoms with Gasteiger partial charge in [-0.05, 0) is 42.0 Å². The Hall–Kier alpha value is -1.16. The second-order valence-corrected chi connectivity index (χ2v) is 6.12. The molecule has 1 aliphatic heterocycles. The van der Waals surface area contributed by atoms with E-state index in [4.69, 9.17) is 11.6 Å². The highest BCUT2D eigenvalue weighted by Gasteiger charge is 2.23. The van der Waals surface area contributed by atoms with Gasteiger partial charge in [0.25, 0.3) is 0 Å². The molecule has 0 radical (unpaired) electrons. The predicted octanol–water partition coefficient (Wildman–Crippen LogP) is 4.78. The summed E-state index contributed by atoms with van der Waals surface area (Å²) in [6, 6.07) is 16.8. The molecule has 0 aromatic heterocycles. The molecule has 2 aromatic rings. The van der Waals surface area contributed by atoms with Crippen LogP contribution in [-0.4, -0.2) is 17.2 Å². The van der Waals surface area contributed by atoms with Crippen molar-refractivity contribution < 1.29 is 0 Å². The molecule has 0 aliphatic carbocycles. The number of benzene rings is 2. The van der Waals surface area contributed by atoms with Crippen LogP contribution in [0, 0.1) is 0 Å². The van der Waals surface area contributed by atoms with Crippen LogP contribution in [-0.2, 0) is 0 Å². The average molecular weight is 305 g/mol. The molecule has 1 unspecified atom stereocenters. The van der Waals surface area contributed by atoms with Crippen LogP contribution in [0.15, 0.2) is 48.5 Å². The van der Waals surface area contributed by atoms with Gasteiger partial charge < -0.3 is 5.43 Å². The first-order chi connectivity index (χ1) is 9.78. The van der Waals surface area contributed by atoms with Crippen LogP contribution in [0.1, 0.15) is 23.5 Å². The maximum atomic E-state index is 6.21. The van der Waals surface area contributed by atoms with E-state index in [0.717, 1.165) is 23.7 Å². The lowest BCUT2D eigenvalue weighted by molar-refractivity contribution is 0.532. The van der Waals surface area contributed by atoms with Crippen molar-refractivity contribution in [3.05, 3.63) is 64.7 Å². The maximum Gasteiger partial charge on any atom is 0.0538 e. The number of halogens is 1. The fourth-order valence-corrected chi connectivity index (χ4v) is 3.34. The first-order valence-corrected chi connectivity index (χ1v) is 8.26. The number of hydrazine groups is 1. The Labute approximate surface area is 129 Å². The number of nitrogens with zero attached hydrogens (tertiary/aromatic N) is 1. The lowest BCUT2D eigenvalue weighted by atomic mass is 9.88. The Kier molecular flexibility index (Phi) is 4.20. The minimum atomic E-state index is 0.384. The lowest BCUT2D eigenvalue weighted by Gasteiger charge is -2.19. The molecule has 0 saturated heterocycles. The second-order valence-electron chi connectivity index (χ2n) is 4.88. The van der Waals surface area contributed by atoms with Gasteiger partial charge >= 0.3 is 0 Å². The van der Waals surface area contributed by atoms with Gasteiger partial charge in [0, 0.05) is 17.5 Å². The molecule has 1 N–H and O–H groups in total. The Morgan fingerprint density at radius 3 is 2.75 bits per heavy atom. The van der Waals surface area contributed by atoms with Crippen LogP contribution in [0.4, 0.5) is 5.69 Å². The van der Waals surface area contributed by atoms with Crippen molar-refractivity contribution in [3.63, 3.8) is 0 Å². The van der Waals surface area contributed by atoms with Gasteiger partial charge in [-0.2, -0.15) is 4.41 Å². The van der Waals surface area contributed by atoms with Gasteiger partial charge in [-0.1, -0.05) is 53.9 Å². The number of nitrogens with one attached hydrogen (secondary N) is 1. The molecule has 2 aromatic carbocycles. The van der Waals surface area contributed by atoms with Gasteiger partial charge in [0.15, 0.2) is 0 Å².